The lowest BCUT2D eigenvalue weighted by Crippen LogP contribution is -2.01. The van der Waals surface area contributed by atoms with E-state index in [4.69, 9.17) is 8.94 Å². The van der Waals surface area contributed by atoms with Gasteiger partial charge < -0.3 is 14.3 Å². The summed E-state index contributed by atoms with van der Waals surface area (Å²) in [4.78, 5) is 0. The number of aromatic nitrogens is 3. The Balaban J connectivity index is 1.70. The molecule has 1 N–H and O–H groups in total. The Labute approximate surface area is 115 Å². The average molecular weight is 270 g/mol. The minimum absolute atomic E-state index is 0.516. The summed E-state index contributed by atoms with van der Waals surface area (Å²) in [7, 11) is 0. The molecule has 6 nitrogen and oxygen atoms in total. The highest BCUT2D eigenvalue weighted by atomic mass is 16.5. The van der Waals surface area contributed by atoms with Gasteiger partial charge in [0.15, 0.2) is 0 Å². The van der Waals surface area contributed by atoms with Gasteiger partial charge in [0.05, 0.1) is 5.69 Å². The minimum Gasteiger partial charge on any atom is -0.423 e. The van der Waals surface area contributed by atoms with Crippen LogP contribution in [0.5, 0.6) is 0 Å². The van der Waals surface area contributed by atoms with Crippen LogP contribution in [0.2, 0.25) is 0 Å². The molecule has 2 heterocycles. The summed E-state index contributed by atoms with van der Waals surface area (Å²) in [5, 5.41) is 14.8. The van der Waals surface area contributed by atoms with E-state index >= 15 is 0 Å². The summed E-state index contributed by atoms with van der Waals surface area (Å²) in [5.41, 5.74) is 3.90. The van der Waals surface area contributed by atoms with E-state index in [1.807, 2.05) is 38.1 Å². The number of rotatable bonds is 4. The van der Waals surface area contributed by atoms with E-state index in [-0.39, 0.29) is 0 Å². The molecule has 2 aromatic heterocycles. The smallest absolute Gasteiger partial charge is 0.247 e. The molecule has 0 saturated carbocycles. The maximum absolute atomic E-state index is 5.15. The Morgan fingerprint density at radius 3 is 2.55 bits per heavy atom. The second-order valence-electron chi connectivity index (χ2n) is 4.48. The Hall–Kier alpha value is -2.63. The molecule has 0 saturated heterocycles. The molecule has 0 amide bonds. The zero-order valence-corrected chi connectivity index (χ0v) is 11.3. The van der Waals surface area contributed by atoms with Crippen molar-refractivity contribution >= 4 is 5.69 Å². The third-order valence-electron chi connectivity index (χ3n) is 3.14. The van der Waals surface area contributed by atoms with Gasteiger partial charge in [-0.05, 0) is 38.1 Å². The van der Waals surface area contributed by atoms with Crippen molar-refractivity contribution in [2.24, 2.45) is 0 Å². The Morgan fingerprint density at radius 1 is 1.15 bits per heavy atom. The average Bonchev–Trinajstić information content (AvgIpc) is 3.09. The van der Waals surface area contributed by atoms with Crippen molar-refractivity contribution < 1.29 is 8.94 Å². The number of nitrogens with zero attached hydrogens (tertiary/aromatic N) is 3. The van der Waals surface area contributed by atoms with Gasteiger partial charge in [0, 0.05) is 23.4 Å². The maximum Gasteiger partial charge on any atom is 0.247 e. The lowest BCUT2D eigenvalue weighted by atomic mass is 10.2. The van der Waals surface area contributed by atoms with Crippen LogP contribution >= 0.6 is 0 Å². The first-order valence-corrected chi connectivity index (χ1v) is 6.26. The number of hydrogen-bond donors (Lipinski definition) is 1. The first-order chi connectivity index (χ1) is 9.74. The molecule has 1 aromatic carbocycles. The molecule has 0 bridgehead atoms. The normalized spacial score (nSPS) is 10.7. The van der Waals surface area contributed by atoms with Crippen molar-refractivity contribution in [3.8, 4) is 11.5 Å². The molecule has 0 atom stereocenters. The molecular weight excluding hydrogens is 256 g/mol. The van der Waals surface area contributed by atoms with E-state index in [9.17, 15) is 0 Å². The molecule has 0 unspecified atom stereocenters. The summed E-state index contributed by atoms with van der Waals surface area (Å²) >= 11 is 0. The van der Waals surface area contributed by atoms with Crippen LogP contribution in [0, 0.1) is 13.8 Å². The Morgan fingerprint density at radius 2 is 1.95 bits per heavy atom. The zero-order chi connectivity index (χ0) is 13.9. The van der Waals surface area contributed by atoms with Crippen LogP contribution in [0.3, 0.4) is 0 Å². The molecular formula is C14H14N4O2. The predicted octanol–water partition coefficient (Wildman–Crippen LogP) is 2.95. The van der Waals surface area contributed by atoms with Crippen LogP contribution in [0.1, 0.15) is 17.0 Å². The molecule has 20 heavy (non-hydrogen) atoms. The molecule has 0 radical (unpaired) electrons. The lowest BCUT2D eigenvalue weighted by molar-refractivity contribution is 0.392. The van der Waals surface area contributed by atoms with Crippen LogP contribution < -0.4 is 5.32 Å². The van der Waals surface area contributed by atoms with Crippen molar-refractivity contribution in [1.29, 1.82) is 0 Å². The predicted molar refractivity (Wildman–Crippen MR) is 73.0 cm³/mol. The van der Waals surface area contributed by atoms with Crippen molar-refractivity contribution in [2.45, 2.75) is 20.4 Å². The van der Waals surface area contributed by atoms with Gasteiger partial charge in [0.25, 0.3) is 0 Å². The quantitative estimate of drug-likeness (QED) is 0.785. The van der Waals surface area contributed by atoms with Gasteiger partial charge in [-0.25, -0.2) is 0 Å². The van der Waals surface area contributed by atoms with Gasteiger partial charge in [-0.1, -0.05) is 5.16 Å². The number of anilines is 1. The highest BCUT2D eigenvalue weighted by Crippen LogP contribution is 2.20. The molecule has 3 aromatic rings. The van der Waals surface area contributed by atoms with E-state index < -0.39 is 0 Å². The van der Waals surface area contributed by atoms with Crippen molar-refractivity contribution in [3.05, 3.63) is 47.7 Å². The first kappa shape index (κ1) is 12.4. The summed E-state index contributed by atoms with van der Waals surface area (Å²) in [6.45, 7) is 4.53. The molecule has 0 aliphatic heterocycles. The zero-order valence-electron chi connectivity index (χ0n) is 11.3. The van der Waals surface area contributed by atoms with Crippen LogP contribution in [-0.4, -0.2) is 15.4 Å². The van der Waals surface area contributed by atoms with Crippen molar-refractivity contribution in [1.82, 2.24) is 15.4 Å². The van der Waals surface area contributed by atoms with Gasteiger partial charge >= 0.3 is 0 Å². The molecule has 102 valence electrons. The Kier molecular flexibility index (Phi) is 3.20. The second-order valence-corrected chi connectivity index (χ2v) is 4.48. The van der Waals surface area contributed by atoms with E-state index in [1.54, 1.807) is 0 Å². The van der Waals surface area contributed by atoms with Crippen LogP contribution in [0.4, 0.5) is 5.69 Å². The first-order valence-electron chi connectivity index (χ1n) is 6.26. The minimum atomic E-state index is 0.516. The number of benzene rings is 1. The summed E-state index contributed by atoms with van der Waals surface area (Å²) < 4.78 is 10.3. The summed E-state index contributed by atoms with van der Waals surface area (Å²) in [6, 6.07) is 7.81. The molecule has 0 fully saturated rings. The van der Waals surface area contributed by atoms with Gasteiger partial charge in [0.1, 0.15) is 5.76 Å². The van der Waals surface area contributed by atoms with Gasteiger partial charge in [-0.2, -0.15) is 0 Å². The summed E-state index contributed by atoms with van der Waals surface area (Å²) in [5.74, 6) is 1.36. The number of nitrogens with one attached hydrogen (secondary N) is 1. The van der Waals surface area contributed by atoms with Crippen LogP contribution in [0.15, 0.2) is 39.6 Å². The van der Waals surface area contributed by atoms with E-state index in [0.29, 0.717) is 12.4 Å². The standard InChI is InChI=1S/C14H14N4O2/c1-9-13(10(2)20-18-9)7-15-12-5-3-11(4-6-12)14-17-16-8-19-14/h3-6,8,15H,7H2,1-2H3. The third-order valence-corrected chi connectivity index (χ3v) is 3.14. The molecule has 0 aliphatic carbocycles. The third kappa shape index (κ3) is 2.40. The SMILES string of the molecule is Cc1noc(C)c1CNc1ccc(-c2nnco2)cc1. The fraction of sp³-hybridized carbons (Fsp3) is 0.214. The maximum atomic E-state index is 5.15. The Bertz CT molecular complexity index is 667. The van der Waals surface area contributed by atoms with Gasteiger partial charge in [0.2, 0.25) is 12.3 Å². The highest BCUT2D eigenvalue weighted by Gasteiger charge is 2.08. The fourth-order valence-corrected chi connectivity index (χ4v) is 1.97. The molecule has 3 rings (SSSR count). The van der Waals surface area contributed by atoms with E-state index in [0.717, 1.165) is 28.3 Å². The van der Waals surface area contributed by atoms with Gasteiger partial charge in [-0.3, -0.25) is 0 Å². The van der Waals surface area contributed by atoms with Crippen molar-refractivity contribution in [2.75, 3.05) is 5.32 Å². The number of aryl methyl sites for hydroxylation is 2. The molecule has 6 heteroatoms. The molecule has 0 aliphatic rings. The van der Waals surface area contributed by atoms with Crippen LogP contribution in [-0.2, 0) is 6.54 Å². The second kappa shape index (κ2) is 5.16. The van der Waals surface area contributed by atoms with Gasteiger partial charge in [-0.15, -0.1) is 10.2 Å². The monoisotopic (exact) mass is 270 g/mol. The van der Waals surface area contributed by atoms with E-state index in [1.165, 1.54) is 6.39 Å². The van der Waals surface area contributed by atoms with Crippen molar-refractivity contribution in [3.63, 3.8) is 0 Å². The lowest BCUT2D eigenvalue weighted by Gasteiger charge is -2.06. The summed E-state index contributed by atoms with van der Waals surface area (Å²) in [6.07, 6.45) is 1.32. The number of hydrogen-bond acceptors (Lipinski definition) is 6. The van der Waals surface area contributed by atoms with Crippen LogP contribution in [0.25, 0.3) is 11.5 Å². The van der Waals surface area contributed by atoms with E-state index in [2.05, 4.69) is 20.7 Å². The largest absolute Gasteiger partial charge is 0.423 e. The fourth-order valence-electron chi connectivity index (χ4n) is 1.97. The topological polar surface area (TPSA) is 77.0 Å². The molecule has 0 spiro atoms. The highest BCUT2D eigenvalue weighted by molar-refractivity contribution is 5.58.